The van der Waals surface area contributed by atoms with Crippen molar-refractivity contribution in [3.63, 3.8) is 0 Å². The van der Waals surface area contributed by atoms with E-state index in [1.165, 1.54) is 5.56 Å². The molecule has 0 amide bonds. The fourth-order valence-electron chi connectivity index (χ4n) is 3.59. The lowest BCUT2D eigenvalue weighted by Gasteiger charge is -2.16. The maximum Gasteiger partial charge on any atom is 0.204 e. The van der Waals surface area contributed by atoms with Gasteiger partial charge in [0.2, 0.25) is 4.77 Å². The first-order valence-corrected chi connectivity index (χ1v) is 11.2. The molecule has 0 spiro atoms. The van der Waals surface area contributed by atoms with E-state index in [4.69, 9.17) is 38.4 Å². The zero-order chi connectivity index (χ0) is 23.4. The van der Waals surface area contributed by atoms with Gasteiger partial charge in [-0.3, -0.25) is 9.47 Å². The van der Waals surface area contributed by atoms with Crippen LogP contribution in [0.5, 0.6) is 11.5 Å². The minimum atomic E-state index is 0.530. The summed E-state index contributed by atoms with van der Waals surface area (Å²) in [5.41, 5.74) is 2.98. The molecule has 0 N–H and O–H groups in total. The molecule has 170 valence electrons. The molecule has 4 rings (SSSR count). The Morgan fingerprint density at radius 1 is 0.939 bits per heavy atom. The van der Waals surface area contributed by atoms with Crippen LogP contribution in [-0.4, -0.2) is 40.5 Å². The van der Waals surface area contributed by atoms with Crippen LogP contribution < -0.4 is 9.47 Å². The quantitative estimate of drug-likeness (QED) is 0.297. The number of hydrogen-bond donors (Lipinski definition) is 0. The average Bonchev–Trinajstić information content (AvgIpc) is 3.16. The molecule has 0 aliphatic heterocycles. The van der Waals surface area contributed by atoms with Gasteiger partial charge in [-0.15, -0.1) is 5.10 Å². The third-order valence-corrected chi connectivity index (χ3v) is 5.88. The second-order valence-electron chi connectivity index (χ2n) is 7.65. The fourth-order valence-corrected chi connectivity index (χ4v) is 4.01. The molecule has 0 fully saturated rings. The molecule has 0 saturated heterocycles. The molecule has 0 radical (unpaired) electrons. The summed E-state index contributed by atoms with van der Waals surface area (Å²) in [6.45, 7) is 1.27. The van der Waals surface area contributed by atoms with Crippen LogP contribution in [-0.2, 0) is 13.2 Å². The van der Waals surface area contributed by atoms with Crippen molar-refractivity contribution in [3.05, 3.63) is 88.2 Å². The number of rotatable bonds is 8. The standard InChI is InChI=1S/C25H25ClN4O2S/c1-28(16-18-7-13-22(31-2)14-8-18)17-29-25(33)30(21-11-9-20(26)10-12-21)24(27-29)19-5-4-6-23(15-19)32-3/h4-15H,16-17H2,1-3H3. The van der Waals surface area contributed by atoms with Gasteiger partial charge in [0.25, 0.3) is 0 Å². The van der Waals surface area contributed by atoms with Gasteiger partial charge in [-0.2, -0.15) is 0 Å². The topological polar surface area (TPSA) is 44.4 Å². The molecule has 0 aliphatic rings. The maximum absolute atomic E-state index is 6.12. The van der Waals surface area contributed by atoms with Gasteiger partial charge >= 0.3 is 0 Å². The van der Waals surface area contributed by atoms with Crippen molar-refractivity contribution in [1.82, 2.24) is 19.2 Å². The highest BCUT2D eigenvalue weighted by atomic mass is 35.5. The molecule has 0 unspecified atom stereocenters. The Balaban J connectivity index is 1.69. The van der Waals surface area contributed by atoms with E-state index in [1.807, 2.05) is 77.0 Å². The van der Waals surface area contributed by atoms with Gasteiger partial charge in [-0.05, 0) is 73.4 Å². The van der Waals surface area contributed by atoms with Crippen LogP contribution >= 0.6 is 23.8 Å². The smallest absolute Gasteiger partial charge is 0.204 e. The van der Waals surface area contributed by atoms with Crippen LogP contribution in [0.2, 0.25) is 5.02 Å². The highest BCUT2D eigenvalue weighted by Crippen LogP contribution is 2.27. The Hall–Kier alpha value is -3.13. The van der Waals surface area contributed by atoms with Crippen LogP contribution in [0.3, 0.4) is 0 Å². The van der Waals surface area contributed by atoms with Crippen molar-refractivity contribution >= 4 is 23.8 Å². The van der Waals surface area contributed by atoms with Gasteiger partial charge in [-0.1, -0.05) is 35.9 Å². The summed E-state index contributed by atoms with van der Waals surface area (Å²) in [4.78, 5) is 2.16. The lowest BCUT2D eigenvalue weighted by atomic mass is 10.2. The van der Waals surface area contributed by atoms with Crippen LogP contribution in [0.25, 0.3) is 17.1 Å². The largest absolute Gasteiger partial charge is 0.497 e. The van der Waals surface area contributed by atoms with E-state index in [9.17, 15) is 0 Å². The zero-order valence-corrected chi connectivity index (χ0v) is 20.3. The third-order valence-electron chi connectivity index (χ3n) is 5.24. The van der Waals surface area contributed by atoms with E-state index < -0.39 is 0 Å². The van der Waals surface area contributed by atoms with Gasteiger partial charge in [0.05, 0.1) is 26.6 Å². The molecule has 0 bridgehead atoms. The summed E-state index contributed by atoms with van der Waals surface area (Å²) >= 11 is 12.0. The first-order chi connectivity index (χ1) is 16.0. The predicted octanol–water partition coefficient (Wildman–Crippen LogP) is 5.83. The molecule has 0 atom stereocenters. The summed E-state index contributed by atoms with van der Waals surface area (Å²) in [5, 5.41) is 5.55. The first-order valence-electron chi connectivity index (χ1n) is 10.4. The molecule has 3 aromatic carbocycles. The van der Waals surface area contributed by atoms with Crippen molar-refractivity contribution in [2.24, 2.45) is 0 Å². The van der Waals surface area contributed by atoms with Gasteiger partial charge in [0.15, 0.2) is 5.82 Å². The number of ether oxygens (including phenoxy) is 2. The second-order valence-corrected chi connectivity index (χ2v) is 8.45. The van der Waals surface area contributed by atoms with E-state index in [0.29, 0.717) is 16.5 Å². The van der Waals surface area contributed by atoms with Crippen LogP contribution in [0.1, 0.15) is 5.56 Å². The number of aromatic nitrogens is 3. The van der Waals surface area contributed by atoms with Crippen LogP contribution in [0.4, 0.5) is 0 Å². The van der Waals surface area contributed by atoms with Crippen LogP contribution in [0.15, 0.2) is 72.8 Å². The molecule has 6 nitrogen and oxygen atoms in total. The molecule has 0 aliphatic carbocycles. The minimum Gasteiger partial charge on any atom is -0.497 e. The van der Waals surface area contributed by atoms with Gasteiger partial charge in [0.1, 0.15) is 11.5 Å². The third kappa shape index (κ3) is 5.27. The van der Waals surface area contributed by atoms with Crippen molar-refractivity contribution in [2.45, 2.75) is 13.2 Å². The summed E-state index contributed by atoms with van der Waals surface area (Å²) in [6.07, 6.45) is 0. The van der Waals surface area contributed by atoms with Crippen molar-refractivity contribution in [2.75, 3.05) is 21.3 Å². The highest BCUT2D eigenvalue weighted by Gasteiger charge is 2.16. The van der Waals surface area contributed by atoms with Gasteiger partial charge < -0.3 is 9.47 Å². The summed E-state index contributed by atoms with van der Waals surface area (Å²) < 4.78 is 15.1. The van der Waals surface area contributed by atoms with Crippen molar-refractivity contribution < 1.29 is 9.47 Å². The predicted molar refractivity (Wildman–Crippen MR) is 134 cm³/mol. The van der Waals surface area contributed by atoms with E-state index in [1.54, 1.807) is 14.2 Å². The van der Waals surface area contributed by atoms with Crippen LogP contribution in [0, 0.1) is 4.77 Å². The Morgan fingerprint density at radius 3 is 2.30 bits per heavy atom. The number of benzene rings is 3. The van der Waals surface area contributed by atoms with Gasteiger partial charge in [-0.25, -0.2) is 4.68 Å². The number of nitrogens with zero attached hydrogens (tertiary/aromatic N) is 4. The van der Waals surface area contributed by atoms with Crippen molar-refractivity contribution in [1.29, 1.82) is 0 Å². The number of halogens is 1. The molecule has 4 aromatic rings. The first kappa shape index (κ1) is 23.0. The monoisotopic (exact) mass is 480 g/mol. The molecule has 1 heterocycles. The Kier molecular flexibility index (Phi) is 7.13. The minimum absolute atomic E-state index is 0.530. The second kappa shape index (κ2) is 10.2. The highest BCUT2D eigenvalue weighted by molar-refractivity contribution is 7.71. The van der Waals surface area contributed by atoms with Gasteiger partial charge in [0, 0.05) is 17.1 Å². The molecule has 8 heteroatoms. The fraction of sp³-hybridized carbons (Fsp3) is 0.200. The molecular weight excluding hydrogens is 456 g/mol. The molecular formula is C25H25ClN4O2S. The lowest BCUT2D eigenvalue weighted by molar-refractivity contribution is 0.244. The molecule has 0 saturated carbocycles. The Morgan fingerprint density at radius 2 is 1.64 bits per heavy atom. The Labute approximate surface area is 203 Å². The van der Waals surface area contributed by atoms with E-state index >= 15 is 0 Å². The number of hydrogen-bond acceptors (Lipinski definition) is 5. The van der Waals surface area contributed by atoms with E-state index in [0.717, 1.165) is 35.1 Å². The van der Waals surface area contributed by atoms with E-state index in [-0.39, 0.29) is 0 Å². The van der Waals surface area contributed by atoms with E-state index in [2.05, 4.69) is 17.0 Å². The summed E-state index contributed by atoms with van der Waals surface area (Å²) in [5.74, 6) is 2.33. The number of methoxy groups -OCH3 is 2. The average molecular weight is 481 g/mol. The SMILES string of the molecule is COc1ccc(CN(C)Cn2nc(-c3cccc(OC)c3)n(-c3ccc(Cl)cc3)c2=S)cc1. The summed E-state index contributed by atoms with van der Waals surface area (Å²) in [6, 6.07) is 23.4. The maximum atomic E-state index is 6.12. The lowest BCUT2D eigenvalue weighted by Crippen LogP contribution is -2.22. The Bertz CT molecular complexity index is 1280. The summed E-state index contributed by atoms with van der Waals surface area (Å²) in [7, 11) is 5.36. The zero-order valence-electron chi connectivity index (χ0n) is 18.7. The molecule has 33 heavy (non-hydrogen) atoms. The van der Waals surface area contributed by atoms with Crippen molar-refractivity contribution in [3.8, 4) is 28.6 Å². The normalized spacial score (nSPS) is 11.1. The molecule has 1 aromatic heterocycles.